The first kappa shape index (κ1) is 20.2. The molecule has 0 aromatic heterocycles. The summed E-state index contributed by atoms with van der Waals surface area (Å²) in [6.07, 6.45) is 1.80. The maximum atomic E-state index is 13.1. The Kier molecular flexibility index (Phi) is 5.72. The van der Waals surface area contributed by atoms with E-state index in [4.69, 9.17) is 14.2 Å². The fourth-order valence-corrected chi connectivity index (χ4v) is 3.33. The zero-order chi connectivity index (χ0) is 21.0. The number of methoxy groups -OCH3 is 3. The molecule has 0 unspecified atom stereocenters. The third-order valence-electron chi connectivity index (χ3n) is 4.88. The Morgan fingerprint density at radius 2 is 1.66 bits per heavy atom. The number of urea groups is 1. The number of nitrogens with zero attached hydrogens (tertiary/aromatic N) is 2. The predicted molar refractivity (Wildman–Crippen MR) is 107 cm³/mol. The van der Waals surface area contributed by atoms with Gasteiger partial charge in [-0.3, -0.25) is 4.79 Å². The van der Waals surface area contributed by atoms with Crippen molar-refractivity contribution in [2.75, 3.05) is 21.3 Å². The van der Waals surface area contributed by atoms with E-state index in [1.165, 1.54) is 27.5 Å². The molecule has 1 saturated heterocycles. The van der Waals surface area contributed by atoms with Gasteiger partial charge in [-0.05, 0) is 24.1 Å². The SMILES string of the molecule is CC[C@@]1(c2ccccc2)NC(=O)N(/N=C\c2cc(OC)c(OC)c(OC)c2)C1=O. The van der Waals surface area contributed by atoms with E-state index in [-0.39, 0.29) is 0 Å². The van der Waals surface area contributed by atoms with Gasteiger partial charge in [0.1, 0.15) is 5.54 Å². The Balaban J connectivity index is 1.94. The van der Waals surface area contributed by atoms with Gasteiger partial charge in [0.05, 0.1) is 27.5 Å². The van der Waals surface area contributed by atoms with Crippen LogP contribution in [0.2, 0.25) is 0 Å². The molecule has 3 amide bonds. The van der Waals surface area contributed by atoms with Crippen molar-refractivity contribution < 1.29 is 23.8 Å². The molecule has 2 aromatic rings. The smallest absolute Gasteiger partial charge is 0.346 e. The van der Waals surface area contributed by atoms with Gasteiger partial charge < -0.3 is 19.5 Å². The van der Waals surface area contributed by atoms with Crippen molar-refractivity contribution in [3.05, 3.63) is 53.6 Å². The number of ether oxygens (including phenoxy) is 3. The molecular formula is C21H23N3O5. The fourth-order valence-electron chi connectivity index (χ4n) is 3.33. The maximum Gasteiger partial charge on any atom is 0.346 e. The quantitative estimate of drug-likeness (QED) is 0.573. The number of rotatable bonds is 7. The van der Waals surface area contributed by atoms with Crippen molar-refractivity contribution in [2.45, 2.75) is 18.9 Å². The molecule has 0 spiro atoms. The summed E-state index contributed by atoms with van der Waals surface area (Å²) in [4.78, 5) is 25.6. The van der Waals surface area contributed by atoms with Gasteiger partial charge in [0.25, 0.3) is 5.91 Å². The highest BCUT2D eigenvalue weighted by Crippen LogP contribution is 2.38. The lowest BCUT2D eigenvalue weighted by Crippen LogP contribution is -2.43. The van der Waals surface area contributed by atoms with Gasteiger partial charge in [0.2, 0.25) is 5.75 Å². The molecule has 0 bridgehead atoms. The van der Waals surface area contributed by atoms with E-state index >= 15 is 0 Å². The Labute approximate surface area is 169 Å². The van der Waals surface area contributed by atoms with Crippen LogP contribution < -0.4 is 19.5 Å². The minimum Gasteiger partial charge on any atom is -0.493 e. The molecule has 1 fully saturated rings. The van der Waals surface area contributed by atoms with Crippen LogP contribution in [0.4, 0.5) is 4.79 Å². The maximum absolute atomic E-state index is 13.1. The number of hydrogen-bond donors (Lipinski definition) is 1. The third-order valence-corrected chi connectivity index (χ3v) is 4.88. The lowest BCUT2D eigenvalue weighted by atomic mass is 9.87. The van der Waals surface area contributed by atoms with Crippen LogP contribution in [0.5, 0.6) is 17.2 Å². The minimum absolute atomic E-state index is 0.401. The predicted octanol–water partition coefficient (Wildman–Crippen LogP) is 2.90. The van der Waals surface area contributed by atoms with Crippen molar-refractivity contribution in [1.82, 2.24) is 10.3 Å². The van der Waals surface area contributed by atoms with Crippen LogP contribution in [0.1, 0.15) is 24.5 Å². The first-order chi connectivity index (χ1) is 14.0. The average molecular weight is 397 g/mol. The average Bonchev–Trinajstić information content (AvgIpc) is 3.01. The minimum atomic E-state index is -1.13. The Hall–Kier alpha value is -3.55. The van der Waals surface area contributed by atoms with E-state index in [1.807, 2.05) is 37.3 Å². The van der Waals surface area contributed by atoms with Crippen LogP contribution in [0, 0.1) is 0 Å². The number of hydrazone groups is 1. The third kappa shape index (κ3) is 3.49. The molecule has 3 rings (SSSR count). The monoisotopic (exact) mass is 397 g/mol. The summed E-state index contributed by atoms with van der Waals surface area (Å²) in [6, 6.07) is 11.9. The molecule has 1 aliphatic heterocycles. The van der Waals surface area contributed by atoms with Gasteiger partial charge in [-0.1, -0.05) is 37.3 Å². The second kappa shape index (κ2) is 8.22. The van der Waals surface area contributed by atoms with Crippen molar-refractivity contribution in [1.29, 1.82) is 0 Å². The number of carbonyl (C=O) groups excluding carboxylic acids is 2. The highest BCUT2D eigenvalue weighted by Gasteiger charge is 2.51. The van der Waals surface area contributed by atoms with E-state index in [9.17, 15) is 9.59 Å². The lowest BCUT2D eigenvalue weighted by Gasteiger charge is -2.24. The normalized spacial score (nSPS) is 18.8. The van der Waals surface area contributed by atoms with Crippen LogP contribution in [0.3, 0.4) is 0 Å². The molecule has 1 aliphatic rings. The van der Waals surface area contributed by atoms with Crippen LogP contribution in [-0.2, 0) is 10.3 Å². The second-order valence-electron chi connectivity index (χ2n) is 6.38. The van der Waals surface area contributed by atoms with Gasteiger partial charge in [-0.15, -0.1) is 5.01 Å². The van der Waals surface area contributed by atoms with Crippen molar-refractivity contribution in [3.8, 4) is 17.2 Å². The van der Waals surface area contributed by atoms with E-state index in [0.29, 0.717) is 34.8 Å². The Morgan fingerprint density at radius 1 is 1.03 bits per heavy atom. The summed E-state index contributed by atoms with van der Waals surface area (Å²) in [5.74, 6) is 0.895. The number of hydrogen-bond acceptors (Lipinski definition) is 6. The zero-order valence-electron chi connectivity index (χ0n) is 16.8. The number of nitrogens with one attached hydrogen (secondary N) is 1. The zero-order valence-corrected chi connectivity index (χ0v) is 16.8. The summed E-state index contributed by atoms with van der Waals surface area (Å²) in [5, 5.41) is 7.76. The molecule has 1 N–H and O–H groups in total. The summed E-state index contributed by atoms with van der Waals surface area (Å²) in [5.41, 5.74) is 0.158. The molecule has 29 heavy (non-hydrogen) atoms. The van der Waals surface area contributed by atoms with Gasteiger partial charge in [0.15, 0.2) is 11.5 Å². The van der Waals surface area contributed by atoms with Gasteiger partial charge in [0, 0.05) is 5.56 Å². The molecule has 8 nitrogen and oxygen atoms in total. The first-order valence-corrected chi connectivity index (χ1v) is 9.07. The molecule has 0 aliphatic carbocycles. The lowest BCUT2D eigenvalue weighted by molar-refractivity contribution is -0.131. The molecule has 0 saturated carbocycles. The van der Waals surface area contributed by atoms with Crippen LogP contribution >= 0.6 is 0 Å². The molecule has 1 heterocycles. The van der Waals surface area contributed by atoms with Crippen LogP contribution in [0.25, 0.3) is 0 Å². The number of benzene rings is 2. The fraction of sp³-hybridized carbons (Fsp3) is 0.286. The van der Waals surface area contributed by atoms with E-state index in [1.54, 1.807) is 12.1 Å². The van der Waals surface area contributed by atoms with Crippen molar-refractivity contribution >= 4 is 18.2 Å². The molecule has 152 valence electrons. The highest BCUT2D eigenvalue weighted by molar-refractivity contribution is 6.07. The largest absolute Gasteiger partial charge is 0.493 e. The summed E-state index contributed by atoms with van der Waals surface area (Å²) >= 11 is 0. The molecule has 1 atom stereocenters. The summed E-state index contributed by atoms with van der Waals surface area (Å²) in [7, 11) is 4.52. The number of carbonyl (C=O) groups is 2. The molecule has 2 aromatic carbocycles. The van der Waals surface area contributed by atoms with E-state index in [2.05, 4.69) is 10.4 Å². The molecule has 8 heteroatoms. The van der Waals surface area contributed by atoms with E-state index in [0.717, 1.165) is 5.01 Å². The number of imide groups is 1. The standard InChI is InChI=1S/C21H23N3O5/c1-5-21(15-9-7-6-8-10-15)19(25)24(20(26)23-21)22-13-14-11-16(27-2)18(29-4)17(12-14)28-3/h6-13H,5H2,1-4H3,(H,23,26)/b22-13-/t21-/m0/s1. The first-order valence-electron chi connectivity index (χ1n) is 9.07. The van der Waals surface area contributed by atoms with Crippen LogP contribution in [-0.4, -0.2) is 44.5 Å². The summed E-state index contributed by atoms with van der Waals surface area (Å²) in [6.45, 7) is 1.84. The molecule has 0 radical (unpaired) electrons. The Morgan fingerprint density at radius 3 is 2.17 bits per heavy atom. The van der Waals surface area contributed by atoms with Gasteiger partial charge in [-0.25, -0.2) is 4.79 Å². The van der Waals surface area contributed by atoms with Crippen molar-refractivity contribution in [2.24, 2.45) is 5.10 Å². The van der Waals surface area contributed by atoms with Gasteiger partial charge in [-0.2, -0.15) is 5.10 Å². The van der Waals surface area contributed by atoms with Gasteiger partial charge >= 0.3 is 6.03 Å². The summed E-state index contributed by atoms with van der Waals surface area (Å²) < 4.78 is 15.9. The Bertz CT molecular complexity index is 920. The van der Waals surface area contributed by atoms with E-state index < -0.39 is 17.5 Å². The molecular weight excluding hydrogens is 374 g/mol. The van der Waals surface area contributed by atoms with Crippen molar-refractivity contribution in [3.63, 3.8) is 0 Å². The van der Waals surface area contributed by atoms with Crippen LogP contribution in [0.15, 0.2) is 47.6 Å². The highest BCUT2D eigenvalue weighted by atomic mass is 16.5. The second-order valence-corrected chi connectivity index (χ2v) is 6.38. The number of amides is 3. The topological polar surface area (TPSA) is 89.5 Å².